The Balaban J connectivity index is 1.47. The number of carbonyl (C=O) groups is 2. The highest BCUT2D eigenvalue weighted by Gasteiger charge is 2.31. The number of rotatable bonds is 6. The lowest BCUT2D eigenvalue weighted by Crippen LogP contribution is -2.41. The first-order valence-electron chi connectivity index (χ1n) is 8.54. The summed E-state index contributed by atoms with van der Waals surface area (Å²) in [6, 6.07) is 2.34. The van der Waals surface area contributed by atoms with E-state index in [-0.39, 0.29) is 17.9 Å². The molecule has 1 aliphatic rings. The highest BCUT2D eigenvalue weighted by molar-refractivity contribution is 5.76. The van der Waals surface area contributed by atoms with Crippen molar-refractivity contribution in [2.24, 2.45) is 0 Å². The van der Waals surface area contributed by atoms with Crippen molar-refractivity contribution >= 4 is 17.6 Å². The third-order valence-electron chi connectivity index (χ3n) is 4.74. The molecule has 0 aliphatic carbocycles. The first kappa shape index (κ1) is 17.3. The Labute approximate surface area is 146 Å². The van der Waals surface area contributed by atoms with E-state index in [4.69, 9.17) is 0 Å². The lowest BCUT2D eigenvalue weighted by molar-refractivity contribution is -0.122. The molecule has 2 atom stereocenters. The molecule has 2 N–H and O–H groups in total. The summed E-state index contributed by atoms with van der Waals surface area (Å²) < 4.78 is 1.83. The van der Waals surface area contributed by atoms with Crippen molar-refractivity contribution in [3.05, 3.63) is 30.4 Å². The highest BCUT2D eigenvalue weighted by Crippen LogP contribution is 2.24. The van der Waals surface area contributed by atoms with Crippen molar-refractivity contribution in [2.75, 3.05) is 13.6 Å². The smallest absolute Gasteiger partial charge is 0.233 e. The van der Waals surface area contributed by atoms with Crippen LogP contribution in [-0.4, -0.2) is 56.8 Å². The molecule has 2 aromatic rings. The number of carbonyl (C=O) groups excluding carboxylic acids is 2. The molecule has 0 spiro atoms. The topological polar surface area (TPSA) is 91.6 Å². The van der Waals surface area contributed by atoms with Gasteiger partial charge >= 0.3 is 0 Å². The van der Waals surface area contributed by atoms with E-state index >= 15 is 0 Å². The normalized spacial score (nSPS) is 20.7. The summed E-state index contributed by atoms with van der Waals surface area (Å²) >= 11 is 0. The predicted octanol–water partition coefficient (Wildman–Crippen LogP) is 0.335. The minimum absolute atomic E-state index is 0.0158. The van der Waals surface area contributed by atoms with Gasteiger partial charge in [0.1, 0.15) is 0 Å². The predicted molar refractivity (Wildman–Crippen MR) is 92.7 cm³/mol. The third kappa shape index (κ3) is 4.33. The molecule has 2 amide bonds. The van der Waals surface area contributed by atoms with Crippen LogP contribution in [-0.2, 0) is 16.1 Å². The molecule has 1 saturated heterocycles. The van der Waals surface area contributed by atoms with E-state index in [0.29, 0.717) is 31.3 Å². The minimum atomic E-state index is -0.0171. The monoisotopic (exact) mass is 344 g/mol. The Bertz CT molecular complexity index is 725. The molecule has 3 rings (SSSR count). The summed E-state index contributed by atoms with van der Waals surface area (Å²) in [6.07, 6.45) is 7.85. The standard InChI is InChI=1S/C17H24N6O2/c1-12(24)19-10-15-5-4-14(22(15)2)8-16(25)20-9-13-11-23-7-3-6-18-17(23)21-13/h3,6-7,11,14-15H,4-5,8-10H2,1-2H3,(H,19,24)(H,20,25)/t14-,15+/m0/s1. The van der Waals surface area contributed by atoms with Crippen molar-refractivity contribution in [3.8, 4) is 0 Å². The first-order chi connectivity index (χ1) is 12.0. The molecule has 3 heterocycles. The molecule has 0 aromatic carbocycles. The zero-order chi connectivity index (χ0) is 17.8. The summed E-state index contributed by atoms with van der Waals surface area (Å²) in [4.78, 5) is 34.0. The van der Waals surface area contributed by atoms with Crippen molar-refractivity contribution < 1.29 is 9.59 Å². The van der Waals surface area contributed by atoms with Crippen LogP contribution in [0.4, 0.5) is 0 Å². The van der Waals surface area contributed by atoms with Crippen LogP contribution in [0, 0.1) is 0 Å². The largest absolute Gasteiger partial charge is 0.355 e. The van der Waals surface area contributed by atoms with E-state index in [1.54, 1.807) is 6.20 Å². The number of amides is 2. The second kappa shape index (κ2) is 7.60. The average Bonchev–Trinajstić information content (AvgIpc) is 3.15. The van der Waals surface area contributed by atoms with Crippen LogP contribution in [0.25, 0.3) is 5.78 Å². The summed E-state index contributed by atoms with van der Waals surface area (Å²) in [5, 5.41) is 5.79. The number of hydrogen-bond donors (Lipinski definition) is 2. The molecule has 8 nitrogen and oxygen atoms in total. The van der Waals surface area contributed by atoms with E-state index in [2.05, 4.69) is 25.5 Å². The number of hydrogen-bond acceptors (Lipinski definition) is 5. The molecule has 8 heteroatoms. The van der Waals surface area contributed by atoms with E-state index < -0.39 is 0 Å². The summed E-state index contributed by atoms with van der Waals surface area (Å²) in [5.74, 6) is 0.627. The molecule has 2 aromatic heterocycles. The molecule has 25 heavy (non-hydrogen) atoms. The summed E-state index contributed by atoms with van der Waals surface area (Å²) in [5.41, 5.74) is 0.787. The third-order valence-corrected chi connectivity index (χ3v) is 4.74. The van der Waals surface area contributed by atoms with Crippen LogP contribution in [0.2, 0.25) is 0 Å². The van der Waals surface area contributed by atoms with Crippen LogP contribution in [0.1, 0.15) is 31.9 Å². The maximum absolute atomic E-state index is 12.2. The number of nitrogens with one attached hydrogen (secondary N) is 2. The van der Waals surface area contributed by atoms with Gasteiger partial charge in [-0.25, -0.2) is 9.97 Å². The number of aromatic nitrogens is 3. The minimum Gasteiger partial charge on any atom is -0.355 e. The second-order valence-electron chi connectivity index (χ2n) is 6.53. The van der Waals surface area contributed by atoms with E-state index in [0.717, 1.165) is 18.5 Å². The molecular formula is C17H24N6O2. The number of nitrogens with zero attached hydrogens (tertiary/aromatic N) is 4. The van der Waals surface area contributed by atoms with Crippen molar-refractivity contribution in [2.45, 2.75) is 44.8 Å². The van der Waals surface area contributed by atoms with Gasteiger partial charge in [0.15, 0.2) is 0 Å². The second-order valence-corrected chi connectivity index (χ2v) is 6.53. The van der Waals surface area contributed by atoms with Gasteiger partial charge in [0, 0.05) is 50.6 Å². The van der Waals surface area contributed by atoms with Gasteiger partial charge in [-0.2, -0.15) is 0 Å². The van der Waals surface area contributed by atoms with Gasteiger partial charge in [0.2, 0.25) is 17.6 Å². The van der Waals surface area contributed by atoms with Gasteiger partial charge in [-0.15, -0.1) is 0 Å². The Morgan fingerprint density at radius 1 is 1.28 bits per heavy atom. The SMILES string of the molecule is CC(=O)NC[C@H]1CC[C@@H](CC(=O)NCc2cn3cccnc3n2)N1C. The van der Waals surface area contributed by atoms with Crippen molar-refractivity contribution in [3.63, 3.8) is 0 Å². The van der Waals surface area contributed by atoms with Crippen molar-refractivity contribution in [1.82, 2.24) is 29.9 Å². The molecular weight excluding hydrogens is 320 g/mol. The maximum Gasteiger partial charge on any atom is 0.233 e. The Morgan fingerprint density at radius 3 is 2.84 bits per heavy atom. The van der Waals surface area contributed by atoms with Gasteiger partial charge in [-0.1, -0.05) is 0 Å². The van der Waals surface area contributed by atoms with Crippen LogP contribution < -0.4 is 10.6 Å². The zero-order valence-electron chi connectivity index (χ0n) is 14.6. The molecule has 0 radical (unpaired) electrons. The lowest BCUT2D eigenvalue weighted by Gasteiger charge is -2.25. The Morgan fingerprint density at radius 2 is 2.08 bits per heavy atom. The maximum atomic E-state index is 12.2. The molecule has 0 saturated carbocycles. The summed E-state index contributed by atoms with van der Waals surface area (Å²) in [6.45, 7) is 2.56. The average molecular weight is 344 g/mol. The fraction of sp³-hybridized carbons (Fsp3) is 0.529. The number of likely N-dealkylation sites (tertiary alicyclic amines) is 1. The lowest BCUT2D eigenvalue weighted by atomic mass is 10.1. The molecule has 1 fully saturated rings. The number of fused-ring (bicyclic) bond motifs is 1. The quantitative estimate of drug-likeness (QED) is 0.788. The molecule has 0 bridgehead atoms. The molecule has 0 unspecified atom stereocenters. The van der Waals surface area contributed by atoms with Crippen LogP contribution in [0.3, 0.4) is 0 Å². The van der Waals surface area contributed by atoms with Crippen LogP contribution in [0.15, 0.2) is 24.7 Å². The van der Waals surface area contributed by atoms with Crippen LogP contribution in [0.5, 0.6) is 0 Å². The van der Waals surface area contributed by atoms with Gasteiger partial charge in [0.25, 0.3) is 0 Å². The van der Waals surface area contributed by atoms with Gasteiger partial charge in [-0.05, 0) is 26.0 Å². The number of likely N-dealkylation sites (N-methyl/N-ethyl adjacent to an activating group) is 1. The first-order valence-corrected chi connectivity index (χ1v) is 8.54. The van der Waals surface area contributed by atoms with E-state index in [1.807, 2.05) is 29.9 Å². The highest BCUT2D eigenvalue weighted by atomic mass is 16.2. The summed E-state index contributed by atoms with van der Waals surface area (Å²) in [7, 11) is 2.02. The Kier molecular flexibility index (Phi) is 5.28. The van der Waals surface area contributed by atoms with Gasteiger partial charge in [0.05, 0.1) is 12.2 Å². The van der Waals surface area contributed by atoms with Gasteiger partial charge in [-0.3, -0.25) is 18.9 Å². The van der Waals surface area contributed by atoms with Crippen molar-refractivity contribution in [1.29, 1.82) is 0 Å². The van der Waals surface area contributed by atoms with Gasteiger partial charge < -0.3 is 10.6 Å². The van der Waals surface area contributed by atoms with Crippen LogP contribution >= 0.6 is 0 Å². The number of imidazole rings is 1. The molecule has 1 aliphatic heterocycles. The van der Waals surface area contributed by atoms with E-state index in [9.17, 15) is 9.59 Å². The zero-order valence-corrected chi connectivity index (χ0v) is 14.6. The fourth-order valence-corrected chi connectivity index (χ4v) is 3.28. The fourth-order valence-electron chi connectivity index (χ4n) is 3.28. The molecule has 134 valence electrons. The van der Waals surface area contributed by atoms with E-state index in [1.165, 1.54) is 6.92 Å². The Hall–Kier alpha value is -2.48.